The summed E-state index contributed by atoms with van der Waals surface area (Å²) in [6.45, 7) is 6.46. The third-order valence-electron chi connectivity index (χ3n) is 3.69. The average molecular weight is 461 g/mol. The minimum absolute atomic E-state index is 0. The standard InChI is InChI=1S/C18H24FN3O2.HI/c1-4-20-18(21-11-16(23)17-6-5-9-24-17)22-13(3)14-8-7-12(2)15(19)10-14;/h5-10,13,16,23H,4,11H2,1-3H3,(H2,20,21,22);1H. The Morgan fingerprint density at radius 3 is 2.72 bits per heavy atom. The second-order valence-corrected chi connectivity index (χ2v) is 5.63. The molecule has 3 N–H and O–H groups in total. The molecule has 7 heteroatoms. The quantitative estimate of drug-likeness (QED) is 0.349. The predicted octanol–water partition coefficient (Wildman–Crippen LogP) is 3.69. The Balaban J connectivity index is 0.00000312. The van der Waals surface area contributed by atoms with Gasteiger partial charge in [0.2, 0.25) is 0 Å². The van der Waals surface area contributed by atoms with E-state index in [1.54, 1.807) is 25.1 Å². The molecule has 5 nitrogen and oxygen atoms in total. The number of aliphatic hydroxyl groups is 1. The molecule has 0 saturated heterocycles. The van der Waals surface area contributed by atoms with Crippen LogP contribution in [0.3, 0.4) is 0 Å². The molecule has 0 aliphatic heterocycles. The fraction of sp³-hybridized carbons (Fsp3) is 0.389. The van der Waals surface area contributed by atoms with Crippen molar-refractivity contribution in [3.05, 3.63) is 59.3 Å². The molecular weight excluding hydrogens is 436 g/mol. The van der Waals surface area contributed by atoms with Crippen molar-refractivity contribution in [1.82, 2.24) is 10.6 Å². The lowest BCUT2D eigenvalue weighted by Gasteiger charge is -2.19. The molecule has 0 radical (unpaired) electrons. The summed E-state index contributed by atoms with van der Waals surface area (Å²) in [5.74, 6) is 0.802. The van der Waals surface area contributed by atoms with Crippen molar-refractivity contribution in [2.45, 2.75) is 32.9 Å². The van der Waals surface area contributed by atoms with Gasteiger partial charge in [-0.3, -0.25) is 4.99 Å². The number of halogens is 2. The molecule has 0 aliphatic rings. The van der Waals surface area contributed by atoms with Crippen LogP contribution in [0, 0.1) is 12.7 Å². The number of aryl methyl sites for hydroxylation is 1. The molecule has 0 saturated carbocycles. The van der Waals surface area contributed by atoms with Crippen LogP contribution in [0.25, 0.3) is 0 Å². The van der Waals surface area contributed by atoms with Gasteiger partial charge in [-0.1, -0.05) is 12.1 Å². The van der Waals surface area contributed by atoms with E-state index in [2.05, 4.69) is 15.6 Å². The molecule has 0 bridgehead atoms. The Bertz CT molecular complexity index is 677. The van der Waals surface area contributed by atoms with Crippen LogP contribution in [-0.4, -0.2) is 24.2 Å². The van der Waals surface area contributed by atoms with Gasteiger partial charge in [0.05, 0.1) is 18.8 Å². The topological polar surface area (TPSA) is 69.8 Å². The maximum absolute atomic E-state index is 13.7. The van der Waals surface area contributed by atoms with Crippen LogP contribution >= 0.6 is 24.0 Å². The van der Waals surface area contributed by atoms with E-state index < -0.39 is 6.10 Å². The number of nitrogens with zero attached hydrogens (tertiary/aromatic N) is 1. The number of rotatable bonds is 6. The first-order valence-corrected chi connectivity index (χ1v) is 8.03. The smallest absolute Gasteiger partial charge is 0.191 e. The summed E-state index contributed by atoms with van der Waals surface area (Å²) >= 11 is 0. The number of furan rings is 1. The summed E-state index contributed by atoms with van der Waals surface area (Å²) in [6.07, 6.45) is 0.710. The summed E-state index contributed by atoms with van der Waals surface area (Å²) < 4.78 is 18.9. The molecule has 1 heterocycles. The monoisotopic (exact) mass is 461 g/mol. The van der Waals surface area contributed by atoms with Crippen LogP contribution in [0.5, 0.6) is 0 Å². The lowest BCUT2D eigenvalue weighted by Crippen LogP contribution is -2.39. The minimum Gasteiger partial charge on any atom is -0.467 e. The lowest BCUT2D eigenvalue weighted by molar-refractivity contribution is 0.158. The lowest BCUT2D eigenvalue weighted by atomic mass is 10.1. The van der Waals surface area contributed by atoms with E-state index in [1.165, 1.54) is 12.3 Å². The van der Waals surface area contributed by atoms with Gasteiger partial charge in [0.25, 0.3) is 0 Å². The summed E-state index contributed by atoms with van der Waals surface area (Å²) in [4.78, 5) is 4.37. The maximum Gasteiger partial charge on any atom is 0.191 e. The number of guanidine groups is 1. The molecule has 1 aromatic heterocycles. The number of nitrogens with one attached hydrogen (secondary N) is 2. The molecule has 25 heavy (non-hydrogen) atoms. The van der Waals surface area contributed by atoms with E-state index in [4.69, 9.17) is 4.42 Å². The Hall–Kier alpha value is -1.61. The highest BCUT2D eigenvalue weighted by Gasteiger charge is 2.12. The van der Waals surface area contributed by atoms with Crippen LogP contribution in [0.2, 0.25) is 0 Å². The number of hydrogen-bond donors (Lipinski definition) is 3. The predicted molar refractivity (Wildman–Crippen MR) is 108 cm³/mol. The van der Waals surface area contributed by atoms with E-state index in [0.717, 1.165) is 5.56 Å². The molecule has 138 valence electrons. The maximum atomic E-state index is 13.7. The fourth-order valence-corrected chi connectivity index (χ4v) is 2.24. The zero-order valence-corrected chi connectivity index (χ0v) is 17.0. The highest BCUT2D eigenvalue weighted by Crippen LogP contribution is 2.16. The Morgan fingerprint density at radius 1 is 1.36 bits per heavy atom. The van der Waals surface area contributed by atoms with Crippen LogP contribution in [0.15, 0.2) is 46.0 Å². The van der Waals surface area contributed by atoms with Crippen molar-refractivity contribution in [2.24, 2.45) is 4.99 Å². The second-order valence-electron chi connectivity index (χ2n) is 5.63. The van der Waals surface area contributed by atoms with Gasteiger partial charge in [0, 0.05) is 6.54 Å². The Labute approximate surface area is 164 Å². The van der Waals surface area contributed by atoms with Crippen LogP contribution in [-0.2, 0) is 0 Å². The minimum atomic E-state index is -0.803. The number of hydrogen-bond acceptors (Lipinski definition) is 3. The van der Waals surface area contributed by atoms with Crippen LogP contribution in [0.4, 0.5) is 4.39 Å². The highest BCUT2D eigenvalue weighted by atomic mass is 127. The summed E-state index contributed by atoms with van der Waals surface area (Å²) in [7, 11) is 0. The fourth-order valence-electron chi connectivity index (χ4n) is 2.24. The molecule has 0 amide bonds. The summed E-state index contributed by atoms with van der Waals surface area (Å²) in [5.41, 5.74) is 1.45. The van der Waals surface area contributed by atoms with Crippen molar-refractivity contribution >= 4 is 29.9 Å². The summed E-state index contributed by atoms with van der Waals surface area (Å²) in [6, 6.07) is 8.47. The van der Waals surface area contributed by atoms with Gasteiger partial charge in [-0.15, -0.1) is 24.0 Å². The third kappa shape index (κ3) is 6.32. The molecule has 0 spiro atoms. The first kappa shape index (κ1) is 21.4. The summed E-state index contributed by atoms with van der Waals surface area (Å²) in [5, 5.41) is 16.4. The molecule has 0 fully saturated rings. The van der Waals surface area contributed by atoms with Crippen molar-refractivity contribution in [1.29, 1.82) is 0 Å². The first-order valence-electron chi connectivity index (χ1n) is 8.03. The van der Waals surface area contributed by atoms with Crippen molar-refractivity contribution in [3.63, 3.8) is 0 Å². The zero-order valence-electron chi connectivity index (χ0n) is 14.6. The number of benzene rings is 1. The van der Waals surface area contributed by atoms with E-state index in [1.807, 2.05) is 19.9 Å². The van der Waals surface area contributed by atoms with Gasteiger partial charge in [-0.25, -0.2) is 4.39 Å². The van der Waals surface area contributed by atoms with E-state index >= 15 is 0 Å². The van der Waals surface area contributed by atoms with E-state index in [9.17, 15) is 9.50 Å². The third-order valence-corrected chi connectivity index (χ3v) is 3.69. The molecule has 0 aliphatic carbocycles. The van der Waals surface area contributed by atoms with Gasteiger partial charge >= 0.3 is 0 Å². The van der Waals surface area contributed by atoms with Gasteiger partial charge in [-0.05, 0) is 50.1 Å². The van der Waals surface area contributed by atoms with Crippen molar-refractivity contribution in [3.8, 4) is 0 Å². The van der Waals surface area contributed by atoms with E-state index in [0.29, 0.717) is 23.8 Å². The van der Waals surface area contributed by atoms with E-state index in [-0.39, 0.29) is 42.4 Å². The van der Waals surface area contributed by atoms with Crippen molar-refractivity contribution in [2.75, 3.05) is 13.1 Å². The first-order chi connectivity index (χ1) is 11.5. The highest BCUT2D eigenvalue weighted by molar-refractivity contribution is 14.0. The van der Waals surface area contributed by atoms with Crippen molar-refractivity contribution < 1.29 is 13.9 Å². The number of aliphatic hydroxyl groups excluding tert-OH is 1. The van der Waals surface area contributed by atoms with Crippen LogP contribution in [0.1, 0.15) is 42.9 Å². The molecule has 2 aromatic rings. The van der Waals surface area contributed by atoms with Gasteiger partial charge in [0.1, 0.15) is 17.7 Å². The molecule has 2 unspecified atom stereocenters. The normalized spacial score (nSPS) is 13.7. The Kier molecular flexibility index (Phi) is 8.91. The molecular formula is C18H25FIN3O2. The largest absolute Gasteiger partial charge is 0.467 e. The SMILES string of the molecule is CCNC(=NCC(O)c1ccco1)NC(C)c1ccc(C)c(F)c1.I. The molecule has 2 atom stereocenters. The second kappa shape index (κ2) is 10.4. The molecule has 2 rings (SSSR count). The van der Waals surface area contributed by atoms with Crippen LogP contribution < -0.4 is 10.6 Å². The number of aliphatic imine (C=N–C) groups is 1. The van der Waals surface area contributed by atoms with Gasteiger partial charge in [-0.2, -0.15) is 0 Å². The average Bonchev–Trinajstić information content (AvgIpc) is 3.09. The van der Waals surface area contributed by atoms with Gasteiger partial charge < -0.3 is 20.2 Å². The zero-order chi connectivity index (χ0) is 17.5. The Morgan fingerprint density at radius 2 is 2.12 bits per heavy atom. The van der Waals surface area contributed by atoms with Gasteiger partial charge in [0.15, 0.2) is 5.96 Å². The molecule has 1 aromatic carbocycles.